The summed E-state index contributed by atoms with van der Waals surface area (Å²) in [4.78, 5) is 12.4. The lowest BCUT2D eigenvalue weighted by atomic mass is 10.1. The van der Waals surface area contributed by atoms with Crippen LogP contribution in [-0.4, -0.2) is 21.4 Å². The number of amides is 1. The Morgan fingerprint density at radius 3 is 2.43 bits per heavy atom. The molecular formula is C22H21ClN2O4S. The maximum absolute atomic E-state index is 13.0. The molecule has 0 heterocycles. The topological polar surface area (TPSA) is 84.5 Å². The summed E-state index contributed by atoms with van der Waals surface area (Å²) in [6.45, 7) is 1.69. The Labute approximate surface area is 180 Å². The van der Waals surface area contributed by atoms with Gasteiger partial charge in [0.1, 0.15) is 5.75 Å². The van der Waals surface area contributed by atoms with E-state index in [0.29, 0.717) is 27.7 Å². The van der Waals surface area contributed by atoms with Gasteiger partial charge in [-0.2, -0.15) is 0 Å². The highest BCUT2D eigenvalue weighted by Crippen LogP contribution is 2.28. The zero-order valence-corrected chi connectivity index (χ0v) is 18.0. The first-order valence-electron chi connectivity index (χ1n) is 9.09. The molecular weight excluding hydrogens is 424 g/mol. The highest BCUT2D eigenvalue weighted by Gasteiger charge is 2.20. The van der Waals surface area contributed by atoms with Crippen molar-refractivity contribution in [3.63, 3.8) is 0 Å². The van der Waals surface area contributed by atoms with Gasteiger partial charge < -0.3 is 10.1 Å². The molecule has 156 valence electrons. The van der Waals surface area contributed by atoms with Gasteiger partial charge in [-0.15, -0.1) is 0 Å². The van der Waals surface area contributed by atoms with E-state index in [-0.39, 0.29) is 17.2 Å². The van der Waals surface area contributed by atoms with Crippen LogP contribution in [0.4, 0.5) is 11.4 Å². The molecule has 3 aromatic rings. The summed E-state index contributed by atoms with van der Waals surface area (Å²) in [5, 5.41) is 3.33. The number of methoxy groups -OCH3 is 1. The van der Waals surface area contributed by atoms with E-state index >= 15 is 0 Å². The average Bonchev–Trinajstić information content (AvgIpc) is 2.71. The summed E-state index contributed by atoms with van der Waals surface area (Å²) in [5.74, 6) is 0.147. The summed E-state index contributed by atoms with van der Waals surface area (Å²) < 4.78 is 33.7. The Morgan fingerprint density at radius 2 is 1.73 bits per heavy atom. The molecule has 0 saturated carbocycles. The lowest BCUT2D eigenvalue weighted by Gasteiger charge is -2.14. The molecule has 0 unspecified atom stereocenters. The Hall–Kier alpha value is -3.03. The summed E-state index contributed by atoms with van der Waals surface area (Å²) in [7, 11) is -2.43. The second-order valence-electron chi connectivity index (χ2n) is 6.64. The number of halogens is 1. The van der Waals surface area contributed by atoms with Crippen molar-refractivity contribution in [3.05, 3.63) is 82.9 Å². The van der Waals surface area contributed by atoms with Crippen LogP contribution in [0, 0.1) is 6.92 Å². The van der Waals surface area contributed by atoms with E-state index in [2.05, 4.69) is 10.0 Å². The van der Waals surface area contributed by atoms with Crippen LogP contribution >= 0.6 is 11.6 Å². The number of ether oxygens (including phenoxy) is 1. The van der Waals surface area contributed by atoms with Crippen molar-refractivity contribution in [2.24, 2.45) is 0 Å². The maximum atomic E-state index is 13.0. The fourth-order valence-electron chi connectivity index (χ4n) is 2.89. The number of carbonyl (C=O) groups excluding carboxylic acids is 1. The van der Waals surface area contributed by atoms with E-state index in [9.17, 15) is 13.2 Å². The van der Waals surface area contributed by atoms with E-state index in [1.165, 1.54) is 13.2 Å². The molecule has 0 aliphatic heterocycles. The predicted octanol–water partition coefficient (Wildman–Crippen LogP) is 4.64. The summed E-state index contributed by atoms with van der Waals surface area (Å²) in [5.41, 5.74) is 2.07. The van der Waals surface area contributed by atoms with Crippen molar-refractivity contribution in [2.45, 2.75) is 18.2 Å². The van der Waals surface area contributed by atoms with Gasteiger partial charge >= 0.3 is 0 Å². The molecule has 6 nitrogen and oxygen atoms in total. The average molecular weight is 445 g/mol. The standard InChI is InChI=1S/C22H21ClN2O4S/c1-15-7-12-18(24-22(26)13-16-8-10-17(23)11-9-16)14-21(15)30(27,28)25-19-5-3-4-6-20(19)29-2/h3-12,14,25H,13H2,1-2H3,(H,24,26). The number of anilines is 2. The van der Waals surface area contributed by atoms with E-state index in [1.54, 1.807) is 67.6 Å². The third-order valence-electron chi connectivity index (χ3n) is 4.39. The van der Waals surface area contributed by atoms with Gasteiger partial charge in [-0.1, -0.05) is 41.9 Å². The van der Waals surface area contributed by atoms with Crippen LogP contribution in [0.5, 0.6) is 5.75 Å². The SMILES string of the molecule is COc1ccccc1NS(=O)(=O)c1cc(NC(=O)Cc2ccc(Cl)cc2)ccc1C. The van der Waals surface area contributed by atoms with E-state index in [4.69, 9.17) is 16.3 Å². The highest BCUT2D eigenvalue weighted by atomic mass is 35.5. The Balaban J connectivity index is 1.80. The molecule has 0 aliphatic rings. The zero-order chi connectivity index (χ0) is 21.7. The quantitative estimate of drug-likeness (QED) is 0.556. The zero-order valence-electron chi connectivity index (χ0n) is 16.5. The third kappa shape index (κ3) is 5.31. The summed E-state index contributed by atoms with van der Waals surface area (Å²) in [6.07, 6.45) is 0.145. The third-order valence-corrected chi connectivity index (χ3v) is 6.15. The second-order valence-corrected chi connectivity index (χ2v) is 8.72. The number of benzene rings is 3. The van der Waals surface area contributed by atoms with Gasteiger partial charge in [0, 0.05) is 10.7 Å². The first-order chi connectivity index (χ1) is 14.3. The van der Waals surface area contributed by atoms with Crippen LogP contribution in [0.3, 0.4) is 0 Å². The van der Waals surface area contributed by atoms with Crippen molar-refractivity contribution in [1.29, 1.82) is 0 Å². The molecule has 2 N–H and O–H groups in total. The molecule has 0 radical (unpaired) electrons. The number of nitrogens with one attached hydrogen (secondary N) is 2. The van der Waals surface area contributed by atoms with Crippen molar-refractivity contribution >= 4 is 38.9 Å². The van der Waals surface area contributed by atoms with Crippen molar-refractivity contribution < 1.29 is 17.9 Å². The second kappa shape index (κ2) is 9.19. The minimum absolute atomic E-state index is 0.0673. The van der Waals surface area contributed by atoms with Gasteiger partial charge in [-0.05, 0) is 54.4 Å². The Kier molecular flexibility index (Phi) is 6.64. The van der Waals surface area contributed by atoms with Crippen molar-refractivity contribution in [3.8, 4) is 5.75 Å². The molecule has 3 rings (SSSR count). The molecule has 0 fully saturated rings. The predicted molar refractivity (Wildman–Crippen MR) is 119 cm³/mol. The smallest absolute Gasteiger partial charge is 0.262 e. The Morgan fingerprint density at radius 1 is 1.03 bits per heavy atom. The molecule has 0 bridgehead atoms. The number of hydrogen-bond acceptors (Lipinski definition) is 4. The molecule has 8 heteroatoms. The largest absolute Gasteiger partial charge is 0.495 e. The van der Waals surface area contributed by atoms with Gasteiger partial charge in [0.05, 0.1) is 24.1 Å². The number of hydrogen-bond donors (Lipinski definition) is 2. The van der Waals surface area contributed by atoms with Crippen LogP contribution in [-0.2, 0) is 21.2 Å². The van der Waals surface area contributed by atoms with Gasteiger partial charge in [-0.3, -0.25) is 9.52 Å². The number of sulfonamides is 1. The van der Waals surface area contributed by atoms with Gasteiger partial charge in [-0.25, -0.2) is 8.42 Å². The normalized spacial score (nSPS) is 11.0. The molecule has 0 saturated heterocycles. The van der Waals surface area contributed by atoms with Crippen molar-refractivity contribution in [2.75, 3.05) is 17.1 Å². The fraction of sp³-hybridized carbons (Fsp3) is 0.136. The lowest BCUT2D eigenvalue weighted by molar-refractivity contribution is -0.115. The van der Waals surface area contributed by atoms with E-state index in [1.807, 2.05) is 0 Å². The van der Waals surface area contributed by atoms with Gasteiger partial charge in [0.15, 0.2) is 0 Å². The van der Waals surface area contributed by atoms with Crippen LogP contribution < -0.4 is 14.8 Å². The summed E-state index contributed by atoms with van der Waals surface area (Å²) in [6, 6.07) is 18.4. The monoisotopic (exact) mass is 444 g/mol. The maximum Gasteiger partial charge on any atom is 0.262 e. The minimum atomic E-state index is -3.89. The molecule has 0 spiro atoms. The summed E-state index contributed by atoms with van der Waals surface area (Å²) >= 11 is 5.86. The molecule has 1 amide bonds. The number of rotatable bonds is 7. The van der Waals surface area contributed by atoms with Gasteiger partial charge in [0.2, 0.25) is 5.91 Å². The first kappa shape index (κ1) is 21.7. The molecule has 0 aromatic heterocycles. The minimum Gasteiger partial charge on any atom is -0.495 e. The number of carbonyl (C=O) groups is 1. The van der Waals surface area contributed by atoms with Gasteiger partial charge in [0.25, 0.3) is 10.0 Å². The van der Waals surface area contributed by atoms with E-state index < -0.39 is 10.0 Å². The molecule has 3 aromatic carbocycles. The molecule has 0 atom stereocenters. The molecule has 0 aliphatic carbocycles. The highest BCUT2D eigenvalue weighted by molar-refractivity contribution is 7.92. The molecule has 30 heavy (non-hydrogen) atoms. The number of para-hydroxylation sites is 2. The Bertz CT molecular complexity index is 1160. The van der Waals surface area contributed by atoms with Crippen LogP contribution in [0.1, 0.15) is 11.1 Å². The van der Waals surface area contributed by atoms with Crippen LogP contribution in [0.25, 0.3) is 0 Å². The van der Waals surface area contributed by atoms with Crippen LogP contribution in [0.2, 0.25) is 5.02 Å². The van der Waals surface area contributed by atoms with E-state index in [0.717, 1.165) is 5.56 Å². The number of aryl methyl sites for hydroxylation is 1. The fourth-order valence-corrected chi connectivity index (χ4v) is 4.36. The van der Waals surface area contributed by atoms with Crippen LogP contribution in [0.15, 0.2) is 71.6 Å². The lowest BCUT2D eigenvalue weighted by Crippen LogP contribution is -2.17. The first-order valence-corrected chi connectivity index (χ1v) is 11.0. The van der Waals surface area contributed by atoms with Crippen molar-refractivity contribution in [1.82, 2.24) is 0 Å².